The number of rotatable bonds is 1. The Morgan fingerprint density at radius 2 is 1.21 bits per heavy atom. The highest BCUT2D eigenvalue weighted by Gasteiger charge is 2.20. The van der Waals surface area contributed by atoms with Crippen LogP contribution in [0, 0.1) is 0 Å². The molecule has 1 nitrogen and oxygen atoms in total. The van der Waals surface area contributed by atoms with Gasteiger partial charge in [-0.3, -0.25) is 0 Å². The molecule has 0 spiro atoms. The SMILES string of the molecule is c1ccc2c(c1)Cc1ccc3ccc(-c4ccc5ccc6[nH]c7ccccc7c6c5c4)cc3c1-2. The summed E-state index contributed by atoms with van der Waals surface area (Å²) in [5, 5.41) is 7.83. The Morgan fingerprint density at radius 3 is 2.12 bits per heavy atom. The van der Waals surface area contributed by atoms with Crippen LogP contribution in [0.25, 0.3) is 65.6 Å². The quantitative estimate of drug-likeness (QED) is 0.267. The molecule has 0 atom stereocenters. The molecule has 1 N–H and O–H groups in total. The van der Waals surface area contributed by atoms with Gasteiger partial charge < -0.3 is 4.98 Å². The molecule has 158 valence electrons. The van der Waals surface area contributed by atoms with Crippen LogP contribution in [-0.4, -0.2) is 4.98 Å². The van der Waals surface area contributed by atoms with Gasteiger partial charge in [-0.2, -0.15) is 0 Å². The Bertz CT molecular complexity index is 1940. The molecule has 0 aliphatic heterocycles. The average molecular weight is 432 g/mol. The first kappa shape index (κ1) is 18.1. The molecule has 0 radical (unpaired) electrons. The number of aromatic amines is 1. The van der Waals surface area contributed by atoms with Crippen molar-refractivity contribution in [1.29, 1.82) is 0 Å². The zero-order chi connectivity index (χ0) is 22.2. The lowest BCUT2D eigenvalue weighted by Gasteiger charge is -2.11. The lowest BCUT2D eigenvalue weighted by Crippen LogP contribution is -1.85. The van der Waals surface area contributed by atoms with Crippen LogP contribution in [0.15, 0.2) is 109 Å². The van der Waals surface area contributed by atoms with Gasteiger partial charge in [0, 0.05) is 21.8 Å². The summed E-state index contributed by atoms with van der Waals surface area (Å²) in [4.78, 5) is 3.59. The second kappa shape index (κ2) is 6.59. The second-order valence-electron chi connectivity index (χ2n) is 9.46. The fourth-order valence-corrected chi connectivity index (χ4v) is 5.98. The zero-order valence-corrected chi connectivity index (χ0v) is 18.6. The van der Waals surface area contributed by atoms with Crippen LogP contribution in [0.2, 0.25) is 0 Å². The predicted molar refractivity (Wildman–Crippen MR) is 144 cm³/mol. The molecular formula is C33H21N. The lowest BCUT2D eigenvalue weighted by atomic mass is 9.93. The van der Waals surface area contributed by atoms with Crippen molar-refractivity contribution < 1.29 is 0 Å². The van der Waals surface area contributed by atoms with Crippen molar-refractivity contribution in [1.82, 2.24) is 4.98 Å². The number of aromatic nitrogens is 1. The van der Waals surface area contributed by atoms with E-state index in [-0.39, 0.29) is 0 Å². The molecule has 0 bridgehead atoms. The topological polar surface area (TPSA) is 15.8 Å². The number of fused-ring (bicyclic) bond motifs is 10. The maximum absolute atomic E-state index is 3.59. The van der Waals surface area contributed by atoms with Crippen molar-refractivity contribution in [3.8, 4) is 22.3 Å². The molecule has 1 aliphatic carbocycles. The van der Waals surface area contributed by atoms with Crippen molar-refractivity contribution in [3.05, 3.63) is 120 Å². The van der Waals surface area contributed by atoms with Crippen molar-refractivity contribution in [2.45, 2.75) is 6.42 Å². The number of hydrogen-bond donors (Lipinski definition) is 1. The standard InChI is InChI=1S/C33H21N/c1-2-6-26-24(5-1)17-25-14-11-20-9-12-22(18-28(20)32(25)26)23-13-10-21-15-16-31-33(29(21)19-23)27-7-3-4-8-30(27)34-31/h1-16,18-19,34H,17H2. The molecule has 6 aromatic carbocycles. The molecule has 0 saturated carbocycles. The van der Waals surface area contributed by atoms with Crippen LogP contribution in [0.4, 0.5) is 0 Å². The van der Waals surface area contributed by atoms with Crippen LogP contribution < -0.4 is 0 Å². The number of H-pyrrole nitrogens is 1. The van der Waals surface area contributed by atoms with E-state index in [1.54, 1.807) is 0 Å². The Morgan fingerprint density at radius 1 is 0.500 bits per heavy atom. The smallest absolute Gasteiger partial charge is 0.0471 e. The van der Waals surface area contributed by atoms with Crippen LogP contribution in [0.1, 0.15) is 11.1 Å². The number of nitrogens with one attached hydrogen (secondary N) is 1. The summed E-state index contributed by atoms with van der Waals surface area (Å²) in [5.74, 6) is 0. The van der Waals surface area contributed by atoms with Gasteiger partial charge in [0.15, 0.2) is 0 Å². The summed E-state index contributed by atoms with van der Waals surface area (Å²) in [7, 11) is 0. The number of benzene rings is 6. The first-order valence-corrected chi connectivity index (χ1v) is 11.9. The predicted octanol–water partition coefficient (Wildman–Crippen LogP) is 8.87. The van der Waals surface area contributed by atoms with E-state index in [2.05, 4.69) is 114 Å². The first-order chi connectivity index (χ1) is 16.8. The summed E-state index contributed by atoms with van der Waals surface area (Å²) in [6.07, 6.45) is 1.03. The van der Waals surface area contributed by atoms with Gasteiger partial charge in [0.25, 0.3) is 0 Å². The van der Waals surface area contributed by atoms with Gasteiger partial charge in [0.2, 0.25) is 0 Å². The molecule has 7 aromatic rings. The van der Waals surface area contributed by atoms with Crippen molar-refractivity contribution >= 4 is 43.4 Å². The van der Waals surface area contributed by atoms with E-state index in [1.165, 1.54) is 76.7 Å². The molecule has 0 amide bonds. The minimum Gasteiger partial charge on any atom is -0.354 e. The molecule has 0 saturated heterocycles. The largest absolute Gasteiger partial charge is 0.354 e. The van der Waals surface area contributed by atoms with E-state index in [0.29, 0.717) is 0 Å². The van der Waals surface area contributed by atoms with Crippen molar-refractivity contribution in [2.24, 2.45) is 0 Å². The molecular weight excluding hydrogens is 410 g/mol. The maximum Gasteiger partial charge on any atom is 0.0471 e. The van der Waals surface area contributed by atoms with Gasteiger partial charge in [0.1, 0.15) is 0 Å². The van der Waals surface area contributed by atoms with E-state index >= 15 is 0 Å². The van der Waals surface area contributed by atoms with Gasteiger partial charge in [-0.1, -0.05) is 84.9 Å². The Hall–Kier alpha value is -4.36. The highest BCUT2D eigenvalue weighted by atomic mass is 14.7. The molecule has 34 heavy (non-hydrogen) atoms. The first-order valence-electron chi connectivity index (χ1n) is 11.9. The third-order valence-electron chi connectivity index (χ3n) is 7.60. The van der Waals surface area contributed by atoms with Gasteiger partial charge in [-0.05, 0) is 85.6 Å². The van der Waals surface area contributed by atoms with E-state index in [4.69, 9.17) is 0 Å². The van der Waals surface area contributed by atoms with Gasteiger partial charge >= 0.3 is 0 Å². The van der Waals surface area contributed by atoms with Crippen LogP contribution in [0.5, 0.6) is 0 Å². The van der Waals surface area contributed by atoms with E-state index in [0.717, 1.165) is 6.42 Å². The van der Waals surface area contributed by atoms with Crippen LogP contribution in [0.3, 0.4) is 0 Å². The molecule has 1 heterocycles. The van der Waals surface area contributed by atoms with Crippen molar-refractivity contribution in [3.63, 3.8) is 0 Å². The molecule has 0 unspecified atom stereocenters. The van der Waals surface area contributed by atoms with Gasteiger partial charge in [-0.15, -0.1) is 0 Å². The Labute approximate surface area is 197 Å². The summed E-state index contributed by atoms with van der Waals surface area (Å²) in [6.45, 7) is 0. The number of para-hydroxylation sites is 1. The summed E-state index contributed by atoms with van der Waals surface area (Å²) in [5.41, 5.74) is 10.6. The molecule has 1 heteroatoms. The van der Waals surface area contributed by atoms with Gasteiger partial charge in [-0.25, -0.2) is 0 Å². The summed E-state index contributed by atoms with van der Waals surface area (Å²) < 4.78 is 0. The average Bonchev–Trinajstić information content (AvgIpc) is 3.46. The zero-order valence-electron chi connectivity index (χ0n) is 18.6. The minimum absolute atomic E-state index is 1.03. The summed E-state index contributed by atoms with van der Waals surface area (Å²) >= 11 is 0. The fraction of sp³-hybridized carbons (Fsp3) is 0.0303. The lowest BCUT2D eigenvalue weighted by molar-refractivity contribution is 1.27. The third-order valence-corrected chi connectivity index (χ3v) is 7.60. The highest BCUT2D eigenvalue weighted by Crippen LogP contribution is 2.42. The molecule has 8 rings (SSSR count). The monoisotopic (exact) mass is 431 g/mol. The summed E-state index contributed by atoms with van der Waals surface area (Å²) in [6, 6.07) is 40.3. The van der Waals surface area contributed by atoms with Gasteiger partial charge in [0.05, 0.1) is 0 Å². The Kier molecular flexibility index (Phi) is 3.51. The fourth-order valence-electron chi connectivity index (χ4n) is 5.98. The third kappa shape index (κ3) is 2.44. The molecule has 0 fully saturated rings. The van der Waals surface area contributed by atoms with Crippen molar-refractivity contribution in [2.75, 3.05) is 0 Å². The van der Waals surface area contributed by atoms with Crippen LogP contribution in [-0.2, 0) is 6.42 Å². The molecule has 1 aliphatic rings. The maximum atomic E-state index is 3.59. The van der Waals surface area contributed by atoms with E-state index in [9.17, 15) is 0 Å². The van der Waals surface area contributed by atoms with Crippen LogP contribution >= 0.6 is 0 Å². The van der Waals surface area contributed by atoms with E-state index in [1.807, 2.05) is 0 Å². The second-order valence-corrected chi connectivity index (χ2v) is 9.46. The number of hydrogen-bond acceptors (Lipinski definition) is 0. The Balaban J connectivity index is 1.39. The minimum atomic E-state index is 1.03. The normalized spacial score (nSPS) is 12.6. The molecule has 1 aromatic heterocycles. The highest BCUT2D eigenvalue weighted by molar-refractivity contribution is 6.20. The van der Waals surface area contributed by atoms with E-state index < -0.39 is 0 Å².